The van der Waals surface area contributed by atoms with Crippen molar-refractivity contribution in [1.29, 1.82) is 0 Å². The van der Waals surface area contributed by atoms with E-state index in [0.29, 0.717) is 0 Å². The number of nitrogens with one attached hydrogen (secondary N) is 1. The zero-order valence-electron chi connectivity index (χ0n) is 26.0. The average Bonchev–Trinajstić information content (AvgIpc) is 3.61. The Morgan fingerprint density at radius 3 is 1.76 bits per heavy atom. The molecule has 2 fully saturated rings. The summed E-state index contributed by atoms with van der Waals surface area (Å²) in [6.07, 6.45) is 3.60. The molecule has 9 heteroatoms. The van der Waals surface area contributed by atoms with Gasteiger partial charge < -0.3 is 0 Å². The second-order valence-electron chi connectivity index (χ2n) is 12.0. The maximum absolute atomic E-state index is 13.0. The fourth-order valence-corrected chi connectivity index (χ4v) is 18.4. The summed E-state index contributed by atoms with van der Waals surface area (Å²) in [6, 6.07) is 32.1. The predicted molar refractivity (Wildman–Crippen MR) is 175 cm³/mol. The van der Waals surface area contributed by atoms with Crippen molar-refractivity contribution in [2.45, 2.75) is 78.5 Å². The van der Waals surface area contributed by atoms with Crippen molar-refractivity contribution in [3.8, 4) is 0 Å². The first-order chi connectivity index (χ1) is 22.0. The molecule has 2 aliphatic heterocycles. The van der Waals surface area contributed by atoms with Gasteiger partial charge >= 0.3 is 270 Å². The molecule has 2 aliphatic rings. The summed E-state index contributed by atoms with van der Waals surface area (Å²) in [4.78, 5) is 27.3. The molecule has 0 saturated carbocycles. The molecule has 4 atom stereocenters. The molecule has 3 aromatic carbocycles. The number of ether oxygens (including phenoxy) is 2. The first-order valence-corrected chi connectivity index (χ1v) is 22.5. The van der Waals surface area contributed by atoms with Gasteiger partial charge in [0.15, 0.2) is 0 Å². The van der Waals surface area contributed by atoms with E-state index in [2.05, 4.69) is 55.2 Å². The molecular weight excluding hydrogens is 675 g/mol. The van der Waals surface area contributed by atoms with Crippen molar-refractivity contribution in [3.63, 3.8) is 0 Å². The van der Waals surface area contributed by atoms with Gasteiger partial charge in [0.2, 0.25) is 0 Å². The number of unbranched alkanes of at least 4 members (excludes halogenated alkanes) is 2. The SMILES string of the molecule is CCC[CH2][Sn]1([CH2]CCC)[O][C@H]2[C@H]([O]1)[C@H](n1ccc(=O)[nH]c1=O)O[C@H]2COC(c1ccccc1)(c1ccccc1)c1ccccc1. The van der Waals surface area contributed by atoms with E-state index in [9.17, 15) is 9.59 Å². The molecule has 236 valence electrons. The molecule has 6 rings (SSSR count). The van der Waals surface area contributed by atoms with Crippen LogP contribution in [0.3, 0.4) is 0 Å². The molecule has 45 heavy (non-hydrogen) atoms. The van der Waals surface area contributed by atoms with Gasteiger partial charge in [0.25, 0.3) is 0 Å². The average molecular weight is 717 g/mol. The third-order valence-electron chi connectivity index (χ3n) is 8.94. The van der Waals surface area contributed by atoms with Crippen molar-refractivity contribution in [2.24, 2.45) is 0 Å². The number of fused-ring (bicyclic) bond motifs is 1. The first kappa shape index (κ1) is 31.9. The third-order valence-corrected chi connectivity index (χ3v) is 19.3. The van der Waals surface area contributed by atoms with Gasteiger partial charge in [-0.3, -0.25) is 0 Å². The normalized spacial score (nSPS) is 22.4. The Labute approximate surface area is 269 Å². The van der Waals surface area contributed by atoms with Crippen molar-refractivity contribution < 1.29 is 15.6 Å². The molecule has 0 radical (unpaired) electrons. The molecule has 0 amide bonds. The Kier molecular flexibility index (Phi) is 10.1. The van der Waals surface area contributed by atoms with E-state index in [1.165, 1.54) is 16.8 Å². The van der Waals surface area contributed by atoms with E-state index in [-0.39, 0.29) is 6.61 Å². The Morgan fingerprint density at radius 2 is 1.27 bits per heavy atom. The Hall–Kier alpha value is -3.02. The topological polar surface area (TPSA) is 91.8 Å². The third kappa shape index (κ3) is 6.49. The van der Waals surface area contributed by atoms with Gasteiger partial charge in [0.05, 0.1) is 0 Å². The van der Waals surface area contributed by atoms with Crippen molar-refractivity contribution >= 4 is 19.2 Å². The molecule has 0 unspecified atom stereocenters. The number of aromatic nitrogens is 2. The summed E-state index contributed by atoms with van der Waals surface area (Å²) in [6.45, 7) is 4.57. The Balaban J connectivity index is 1.40. The van der Waals surface area contributed by atoms with Crippen LogP contribution in [-0.2, 0) is 21.2 Å². The molecule has 1 N–H and O–H groups in total. The van der Waals surface area contributed by atoms with Crippen molar-refractivity contribution in [3.05, 3.63) is 141 Å². The molecule has 2 saturated heterocycles. The maximum atomic E-state index is 13.0. The standard InChI is InChI=1S/C28H24N2O6.2C4H9.Sn/c31-23-16-17-30(27(34)29-23)26-25(33)24(32)22(36-26)18-35-28(19-10-4-1-5-11-19,20-12-6-2-7-13-20)21-14-8-3-9-15-21;2*1-3-4-2;/h1-17,22,24-26H,18H2,(H,29,31,34);2*1,3-4H2,2H3;/q-2;;;+2/t22-,24+,25-,26+;;;/m0.../s1. The molecule has 0 bridgehead atoms. The van der Waals surface area contributed by atoms with Gasteiger partial charge in [-0.2, -0.15) is 0 Å². The van der Waals surface area contributed by atoms with Crippen LogP contribution in [0, 0.1) is 0 Å². The van der Waals surface area contributed by atoms with Crippen LogP contribution >= 0.6 is 0 Å². The van der Waals surface area contributed by atoms with Crippen LogP contribution in [0.1, 0.15) is 62.4 Å². The van der Waals surface area contributed by atoms with Crippen LogP contribution in [0.4, 0.5) is 0 Å². The fourth-order valence-electron chi connectivity index (χ4n) is 6.71. The zero-order chi connectivity index (χ0) is 31.3. The molecule has 0 aliphatic carbocycles. The van der Waals surface area contributed by atoms with Gasteiger partial charge in [-0.25, -0.2) is 0 Å². The molecule has 3 heterocycles. The van der Waals surface area contributed by atoms with Crippen LogP contribution in [0.25, 0.3) is 0 Å². The second kappa shape index (κ2) is 14.2. The fraction of sp³-hybridized carbons (Fsp3) is 0.389. The van der Waals surface area contributed by atoms with Gasteiger partial charge in [-0.15, -0.1) is 0 Å². The van der Waals surface area contributed by atoms with Crippen LogP contribution < -0.4 is 11.2 Å². The Morgan fingerprint density at radius 1 is 0.756 bits per heavy atom. The number of hydrogen-bond donors (Lipinski definition) is 1. The number of benzene rings is 3. The van der Waals surface area contributed by atoms with Gasteiger partial charge in [-0.05, 0) is 0 Å². The van der Waals surface area contributed by atoms with E-state index in [1.807, 2.05) is 54.6 Å². The summed E-state index contributed by atoms with van der Waals surface area (Å²) in [7, 11) is 0. The molecular formula is C36H42N2O6Sn. The second-order valence-corrected chi connectivity index (χ2v) is 21.4. The molecule has 1 aromatic heterocycles. The van der Waals surface area contributed by atoms with Crippen molar-refractivity contribution in [2.75, 3.05) is 6.61 Å². The van der Waals surface area contributed by atoms with Gasteiger partial charge in [0, 0.05) is 0 Å². The van der Waals surface area contributed by atoms with Crippen LogP contribution in [0.5, 0.6) is 0 Å². The minimum absolute atomic E-state index is 0.196. The summed E-state index contributed by atoms with van der Waals surface area (Å²) in [5, 5.41) is 0. The van der Waals surface area contributed by atoms with E-state index < -0.39 is 60.6 Å². The van der Waals surface area contributed by atoms with Crippen LogP contribution in [0.2, 0.25) is 8.87 Å². The van der Waals surface area contributed by atoms with Crippen LogP contribution in [0.15, 0.2) is 113 Å². The van der Waals surface area contributed by atoms with E-state index in [4.69, 9.17) is 15.6 Å². The molecule has 8 nitrogen and oxygen atoms in total. The monoisotopic (exact) mass is 718 g/mol. The number of rotatable bonds is 13. The summed E-state index contributed by atoms with van der Waals surface area (Å²) >= 11 is -3.54. The quantitative estimate of drug-likeness (QED) is 0.130. The minimum atomic E-state index is -3.54. The molecule has 0 spiro atoms. The van der Waals surface area contributed by atoms with E-state index in [0.717, 1.165) is 51.2 Å². The van der Waals surface area contributed by atoms with E-state index in [1.54, 1.807) is 0 Å². The summed E-state index contributed by atoms with van der Waals surface area (Å²) in [5.41, 5.74) is 1.07. The number of nitrogens with zero attached hydrogens (tertiary/aromatic N) is 1. The summed E-state index contributed by atoms with van der Waals surface area (Å²) in [5.74, 6) is 0. The molecule has 4 aromatic rings. The van der Waals surface area contributed by atoms with Gasteiger partial charge in [0.1, 0.15) is 0 Å². The number of aromatic amines is 1. The van der Waals surface area contributed by atoms with Crippen molar-refractivity contribution in [1.82, 2.24) is 9.55 Å². The Bertz CT molecular complexity index is 1540. The number of H-pyrrole nitrogens is 1. The zero-order valence-corrected chi connectivity index (χ0v) is 28.8. The first-order valence-electron chi connectivity index (χ1n) is 16.1. The number of hydrogen-bond acceptors (Lipinski definition) is 6. The summed E-state index contributed by atoms with van der Waals surface area (Å²) < 4.78 is 31.2. The van der Waals surface area contributed by atoms with Crippen LogP contribution in [-0.4, -0.2) is 53.7 Å². The van der Waals surface area contributed by atoms with Gasteiger partial charge in [-0.1, -0.05) is 0 Å². The van der Waals surface area contributed by atoms with E-state index >= 15 is 0 Å². The predicted octanol–water partition coefficient (Wildman–Crippen LogP) is 6.27.